The molecule has 11 atom stereocenters. The minimum Gasteiger partial charge on any atom is -0.465 e. The normalized spacial score (nSPS) is 28.3. The number of carbonyl (C=O) groups excluding carboxylic acids is 7. The van der Waals surface area contributed by atoms with Crippen LogP contribution in [-0.4, -0.2) is 139 Å². The van der Waals surface area contributed by atoms with Crippen LogP contribution in [-0.2, 0) is 66.5 Å². The van der Waals surface area contributed by atoms with Gasteiger partial charge in [0.15, 0.2) is 24.4 Å². The fourth-order valence-electron chi connectivity index (χ4n) is 6.74. The molecule has 3 fully saturated rings. The van der Waals surface area contributed by atoms with Crippen molar-refractivity contribution in [3.8, 4) is 0 Å². The largest absolute Gasteiger partial charge is 0.465 e. The molecule has 2 aromatic rings. The van der Waals surface area contributed by atoms with E-state index in [1.807, 2.05) is 0 Å². The van der Waals surface area contributed by atoms with Gasteiger partial charge < -0.3 is 57.8 Å². The summed E-state index contributed by atoms with van der Waals surface area (Å²) in [6.07, 6.45) is -13.6. The Balaban J connectivity index is 1.49. The first-order valence-electron chi connectivity index (χ1n) is 18.5. The highest BCUT2D eigenvalue weighted by Crippen LogP contribution is 2.40. The molecule has 320 valence electrons. The van der Waals surface area contributed by atoms with Gasteiger partial charge in [-0.25, -0.2) is 19.2 Å². The first-order valence-corrected chi connectivity index (χ1v) is 19.5. The Bertz CT molecular complexity index is 1830. The van der Waals surface area contributed by atoms with Crippen molar-refractivity contribution in [2.75, 3.05) is 26.1 Å². The average molecular weight is 848 g/mol. The summed E-state index contributed by atoms with van der Waals surface area (Å²) in [7, 11) is 1.02. The Hall–Kier alpha value is -5.28. The third kappa shape index (κ3) is 11.1. The van der Waals surface area contributed by atoms with Crippen molar-refractivity contribution < 1.29 is 86.0 Å². The predicted octanol–water partition coefficient (Wildman–Crippen LogP) is 1.85. The lowest BCUT2D eigenvalue weighted by Crippen LogP contribution is -2.67. The maximum atomic E-state index is 13.8. The highest BCUT2D eigenvalue weighted by Gasteiger charge is 2.62. The zero-order valence-corrected chi connectivity index (χ0v) is 33.5. The Labute approximate surface area is 342 Å². The van der Waals surface area contributed by atoms with Crippen molar-refractivity contribution in [1.29, 1.82) is 0 Å². The monoisotopic (exact) mass is 847 g/mol. The number of hydrogen-bond acceptors (Lipinski definition) is 19. The molecule has 59 heavy (non-hydrogen) atoms. The van der Waals surface area contributed by atoms with Crippen molar-refractivity contribution in [3.05, 3.63) is 71.8 Å². The highest BCUT2D eigenvalue weighted by molar-refractivity contribution is 7.99. The summed E-state index contributed by atoms with van der Waals surface area (Å²) in [6, 6.07) is 14.8. The van der Waals surface area contributed by atoms with Crippen LogP contribution in [0.4, 0.5) is 4.79 Å². The van der Waals surface area contributed by atoms with E-state index in [0.29, 0.717) is 5.75 Å². The predicted molar refractivity (Wildman–Crippen MR) is 199 cm³/mol. The van der Waals surface area contributed by atoms with Gasteiger partial charge in [0.2, 0.25) is 0 Å². The first kappa shape index (κ1) is 44.8. The number of aliphatic hydroxyl groups is 1. The van der Waals surface area contributed by atoms with E-state index in [0.717, 1.165) is 27.9 Å². The Morgan fingerprint density at radius 2 is 1.47 bits per heavy atom. The van der Waals surface area contributed by atoms with Gasteiger partial charge in [-0.15, -0.1) is 11.8 Å². The maximum absolute atomic E-state index is 13.8. The summed E-state index contributed by atoms with van der Waals surface area (Å²) in [5.74, 6) is -7.45. The van der Waals surface area contributed by atoms with Crippen LogP contribution in [0.5, 0.6) is 0 Å². The zero-order chi connectivity index (χ0) is 42.9. The van der Waals surface area contributed by atoms with E-state index in [1.54, 1.807) is 43.3 Å². The molecule has 2 aromatic carbocycles. The van der Waals surface area contributed by atoms with E-state index < -0.39 is 128 Å². The summed E-state index contributed by atoms with van der Waals surface area (Å²) in [6.45, 7) is 3.65. The number of ether oxygens (including phenoxy) is 10. The van der Waals surface area contributed by atoms with E-state index in [4.69, 9.17) is 47.4 Å². The number of amides is 1. The molecule has 19 nitrogen and oxygen atoms in total. The van der Waals surface area contributed by atoms with Crippen LogP contribution in [0.1, 0.15) is 54.8 Å². The number of carbonyl (C=O) groups is 7. The Morgan fingerprint density at radius 1 is 0.881 bits per heavy atom. The molecule has 20 heteroatoms. The van der Waals surface area contributed by atoms with Gasteiger partial charge in [-0.05, 0) is 30.0 Å². The molecule has 0 saturated carbocycles. The van der Waals surface area contributed by atoms with Gasteiger partial charge in [0, 0.05) is 20.8 Å². The lowest BCUT2D eigenvalue weighted by molar-refractivity contribution is -0.319. The molecule has 2 N–H and O–H groups in total. The smallest absolute Gasteiger partial charge is 0.407 e. The Kier molecular flexibility index (Phi) is 15.3. The molecule has 0 aromatic heterocycles. The topological polar surface area (TPSA) is 244 Å². The average Bonchev–Trinajstić information content (AvgIpc) is 3.59. The lowest BCUT2D eigenvalue weighted by atomic mass is 9.89. The number of thioether (sulfide) groups is 1. The van der Waals surface area contributed by atoms with Crippen LogP contribution in [0.15, 0.2) is 60.7 Å². The number of methoxy groups -OCH3 is 1. The van der Waals surface area contributed by atoms with Gasteiger partial charge in [0.05, 0.1) is 37.3 Å². The molecule has 3 heterocycles. The van der Waals surface area contributed by atoms with Crippen LogP contribution in [0, 0.1) is 0 Å². The van der Waals surface area contributed by atoms with Crippen LogP contribution in [0.25, 0.3) is 0 Å². The molecular weight excluding hydrogens is 802 g/mol. The highest BCUT2D eigenvalue weighted by atomic mass is 32.2. The maximum Gasteiger partial charge on any atom is 0.407 e. The molecule has 0 unspecified atom stereocenters. The molecule has 1 amide bonds. The second-order valence-electron chi connectivity index (χ2n) is 13.4. The number of alkyl carbamates (subject to hydrolysis) is 1. The van der Waals surface area contributed by atoms with Crippen molar-refractivity contribution in [1.82, 2.24) is 5.32 Å². The zero-order valence-electron chi connectivity index (χ0n) is 32.7. The number of hydrogen-bond donors (Lipinski definition) is 2. The van der Waals surface area contributed by atoms with Crippen LogP contribution in [0.2, 0.25) is 0 Å². The van der Waals surface area contributed by atoms with Crippen molar-refractivity contribution in [2.24, 2.45) is 0 Å². The van der Waals surface area contributed by atoms with E-state index >= 15 is 0 Å². The minimum atomic E-state index is -2.50. The fourth-order valence-corrected chi connectivity index (χ4v) is 7.69. The molecule has 5 rings (SSSR count). The molecule has 3 aliphatic rings. The van der Waals surface area contributed by atoms with Gasteiger partial charge in [-0.2, -0.15) is 0 Å². The summed E-state index contributed by atoms with van der Waals surface area (Å²) in [4.78, 5) is 89.7. The summed E-state index contributed by atoms with van der Waals surface area (Å²) < 4.78 is 57.0. The lowest BCUT2D eigenvalue weighted by Gasteiger charge is -2.47. The van der Waals surface area contributed by atoms with Gasteiger partial charge in [0.25, 0.3) is 5.79 Å². The summed E-state index contributed by atoms with van der Waals surface area (Å²) >= 11 is 1.17. The van der Waals surface area contributed by atoms with Crippen molar-refractivity contribution in [3.63, 3.8) is 0 Å². The molecule has 3 aliphatic heterocycles. The summed E-state index contributed by atoms with van der Waals surface area (Å²) in [5, 5.41) is 14.4. The van der Waals surface area contributed by atoms with Crippen LogP contribution < -0.4 is 5.32 Å². The van der Waals surface area contributed by atoms with Crippen LogP contribution >= 0.6 is 11.8 Å². The first-order chi connectivity index (χ1) is 28.2. The number of esters is 6. The standard InChI is InChI=1S/C39H45NO18S/c1-6-59-36-33(57-35(46)24-15-11-8-12-16-24)32(56-34(45)23-13-9-7-10-14-23)29(44)26(54-36)19-51-39(37(47)49-5)17-25-28(40-38(48)55-25)31(58-39)30(53-22(4)43)27(52-21(3)42)18-50-20(2)41/h7-16,25-33,36,44H,6,17-19H2,1-5H3,(H,40,48)/t25-,26+,27+,28+,29-,30+,31+,32-,33+,36-,39+/m0/s1. The van der Waals surface area contributed by atoms with Crippen molar-refractivity contribution in [2.45, 2.75) is 100 Å². The van der Waals surface area contributed by atoms with E-state index in [1.165, 1.54) is 36.0 Å². The van der Waals surface area contributed by atoms with Gasteiger partial charge in [-0.3, -0.25) is 14.4 Å². The van der Waals surface area contributed by atoms with Gasteiger partial charge >= 0.3 is 41.9 Å². The summed E-state index contributed by atoms with van der Waals surface area (Å²) in [5.41, 5.74) is -0.757. The van der Waals surface area contributed by atoms with E-state index in [-0.39, 0.29) is 11.1 Å². The minimum absolute atomic E-state index is 0.135. The molecule has 0 spiro atoms. The van der Waals surface area contributed by atoms with Crippen molar-refractivity contribution >= 4 is 53.7 Å². The molecule has 0 bridgehead atoms. The third-order valence-electron chi connectivity index (χ3n) is 9.29. The Morgan fingerprint density at radius 3 is 2.02 bits per heavy atom. The number of benzene rings is 2. The van der Waals surface area contributed by atoms with Gasteiger partial charge in [-0.1, -0.05) is 43.3 Å². The number of fused-ring (bicyclic) bond motifs is 1. The third-order valence-corrected chi connectivity index (χ3v) is 10.3. The van der Waals surface area contributed by atoms with E-state index in [2.05, 4.69) is 5.32 Å². The second kappa shape index (κ2) is 20.1. The quantitative estimate of drug-likeness (QED) is 0.181. The molecule has 3 saturated heterocycles. The second-order valence-corrected chi connectivity index (χ2v) is 14.8. The molecular formula is C39H45NO18S. The number of rotatable bonds is 16. The number of nitrogens with one attached hydrogen (secondary N) is 1. The van der Waals surface area contributed by atoms with E-state index in [9.17, 15) is 38.7 Å². The fraction of sp³-hybridized carbons (Fsp3) is 0.513. The molecule has 0 aliphatic carbocycles. The number of aliphatic hydroxyl groups excluding tert-OH is 1. The van der Waals surface area contributed by atoms with Crippen LogP contribution in [0.3, 0.4) is 0 Å². The molecule has 0 radical (unpaired) electrons. The SMILES string of the molecule is CCS[C@@H]1O[C@H](CO[C@]2(C(=O)OC)C[C@@H]3OC(=O)N[C@H]3[C@H]([C@H](OC(C)=O)[C@@H](COC(C)=O)OC(C)=O)O2)[C@H](O)[C@H](OC(=O)c2ccccc2)[C@H]1OC(=O)c1ccccc1. The van der Waals surface area contributed by atoms with Gasteiger partial charge in [0.1, 0.15) is 36.5 Å².